The number of Topliss-reactive ketones (excluding diaryl/α,β-unsaturated/α-hetero) is 1. The van der Waals surface area contributed by atoms with E-state index in [1.165, 1.54) is 11.2 Å². The largest absolute Gasteiger partial charge is 0.321 e. The van der Waals surface area contributed by atoms with Crippen LogP contribution in [0.15, 0.2) is 29.5 Å². The van der Waals surface area contributed by atoms with E-state index in [0.717, 1.165) is 6.42 Å². The third-order valence-electron chi connectivity index (χ3n) is 3.04. The van der Waals surface area contributed by atoms with Gasteiger partial charge < -0.3 is 10.5 Å². The highest BCUT2D eigenvalue weighted by atomic mass is 16.1. The van der Waals surface area contributed by atoms with E-state index in [1.54, 1.807) is 24.4 Å². The van der Waals surface area contributed by atoms with Gasteiger partial charge in [-0.05, 0) is 18.1 Å². The summed E-state index contributed by atoms with van der Waals surface area (Å²) in [4.78, 5) is 23.3. The third kappa shape index (κ3) is 3.37. The summed E-state index contributed by atoms with van der Waals surface area (Å²) < 4.78 is 0. The maximum Gasteiger partial charge on any atom is 0.181 e. The van der Waals surface area contributed by atoms with Crippen molar-refractivity contribution in [2.24, 2.45) is 16.8 Å². The van der Waals surface area contributed by atoms with Gasteiger partial charge in [-0.3, -0.25) is 9.80 Å². The van der Waals surface area contributed by atoms with Crippen LogP contribution in [0.3, 0.4) is 0 Å². The molecule has 0 aromatic rings. The SMILES string of the molecule is CC[C@H](C)[C@H](N)C(=O)C(C=O)N1C=CC=CC=N1. The predicted molar refractivity (Wildman–Crippen MR) is 70.9 cm³/mol. The molecule has 18 heavy (non-hydrogen) atoms. The van der Waals surface area contributed by atoms with E-state index < -0.39 is 12.1 Å². The highest BCUT2D eigenvalue weighted by Gasteiger charge is 2.30. The third-order valence-corrected chi connectivity index (χ3v) is 3.04. The zero-order chi connectivity index (χ0) is 13.5. The van der Waals surface area contributed by atoms with Gasteiger partial charge in [0.1, 0.15) is 0 Å². The average Bonchev–Trinajstić information content (AvgIpc) is 2.66. The van der Waals surface area contributed by atoms with E-state index >= 15 is 0 Å². The number of nitrogens with two attached hydrogens (primary N) is 1. The summed E-state index contributed by atoms with van der Waals surface area (Å²) in [7, 11) is 0. The number of carbonyl (C=O) groups excluding carboxylic acids is 2. The van der Waals surface area contributed by atoms with Crippen molar-refractivity contribution in [3.8, 4) is 0 Å². The van der Waals surface area contributed by atoms with Crippen LogP contribution in [0.1, 0.15) is 20.3 Å². The van der Waals surface area contributed by atoms with Gasteiger partial charge in [0.2, 0.25) is 0 Å². The number of carbonyl (C=O) groups is 2. The van der Waals surface area contributed by atoms with Crippen LogP contribution in [0.2, 0.25) is 0 Å². The molecule has 0 spiro atoms. The second-order valence-corrected chi connectivity index (χ2v) is 4.27. The summed E-state index contributed by atoms with van der Waals surface area (Å²) in [5, 5.41) is 5.34. The smallest absolute Gasteiger partial charge is 0.181 e. The number of hydrazone groups is 1. The van der Waals surface area contributed by atoms with Gasteiger partial charge in [-0.1, -0.05) is 26.3 Å². The van der Waals surface area contributed by atoms with Crippen LogP contribution in [-0.4, -0.2) is 35.4 Å². The summed E-state index contributed by atoms with van der Waals surface area (Å²) >= 11 is 0. The molecule has 0 amide bonds. The van der Waals surface area contributed by atoms with Gasteiger partial charge >= 0.3 is 0 Å². The van der Waals surface area contributed by atoms with Gasteiger partial charge in [0.15, 0.2) is 18.1 Å². The van der Waals surface area contributed by atoms with Crippen LogP contribution in [-0.2, 0) is 9.59 Å². The summed E-state index contributed by atoms with van der Waals surface area (Å²) in [5.74, 6) is -0.263. The van der Waals surface area contributed by atoms with E-state index in [1.807, 2.05) is 13.8 Å². The second kappa shape index (κ2) is 6.86. The summed E-state index contributed by atoms with van der Waals surface area (Å²) in [6.07, 6.45) is 9.68. The van der Waals surface area contributed by atoms with Crippen molar-refractivity contribution in [3.63, 3.8) is 0 Å². The summed E-state index contributed by atoms with van der Waals surface area (Å²) in [6, 6.07) is -1.61. The van der Waals surface area contributed by atoms with E-state index in [2.05, 4.69) is 5.10 Å². The van der Waals surface area contributed by atoms with Crippen molar-refractivity contribution in [3.05, 3.63) is 24.4 Å². The highest BCUT2D eigenvalue weighted by Crippen LogP contribution is 2.12. The fourth-order valence-electron chi connectivity index (χ4n) is 1.56. The minimum Gasteiger partial charge on any atom is -0.321 e. The maximum atomic E-state index is 12.2. The molecule has 0 aromatic carbocycles. The Morgan fingerprint density at radius 2 is 2.17 bits per heavy atom. The quantitative estimate of drug-likeness (QED) is 0.559. The Bertz CT molecular complexity index is 372. The number of allylic oxidation sites excluding steroid dienone is 3. The van der Waals surface area contributed by atoms with Crippen molar-refractivity contribution in [2.75, 3.05) is 0 Å². The maximum absolute atomic E-state index is 12.2. The number of hydrogen-bond acceptors (Lipinski definition) is 5. The average molecular weight is 249 g/mol. The molecule has 1 heterocycles. The van der Waals surface area contributed by atoms with Gasteiger partial charge in [-0.15, -0.1) is 0 Å². The van der Waals surface area contributed by atoms with Crippen LogP contribution in [0.4, 0.5) is 0 Å². The minimum atomic E-state index is -0.957. The molecule has 98 valence electrons. The molecular formula is C13H19N3O2. The minimum absolute atomic E-state index is 0.0398. The first-order valence-electron chi connectivity index (χ1n) is 6.02. The molecule has 0 aliphatic carbocycles. The lowest BCUT2D eigenvalue weighted by atomic mass is 9.93. The summed E-state index contributed by atoms with van der Waals surface area (Å²) in [5.41, 5.74) is 5.87. The number of aldehydes is 1. The van der Waals surface area contributed by atoms with Crippen LogP contribution in [0.5, 0.6) is 0 Å². The number of nitrogens with zero attached hydrogens (tertiary/aromatic N) is 2. The van der Waals surface area contributed by atoms with Crippen molar-refractivity contribution >= 4 is 18.3 Å². The topological polar surface area (TPSA) is 75.8 Å². The summed E-state index contributed by atoms with van der Waals surface area (Å²) in [6.45, 7) is 3.86. The highest BCUT2D eigenvalue weighted by molar-refractivity contribution is 6.00. The molecular weight excluding hydrogens is 230 g/mol. The van der Waals surface area contributed by atoms with Crippen molar-refractivity contribution in [1.29, 1.82) is 0 Å². The Kier molecular flexibility index (Phi) is 5.45. The molecule has 0 aromatic heterocycles. The lowest BCUT2D eigenvalue weighted by Crippen LogP contribution is -2.48. The molecule has 2 N–H and O–H groups in total. The lowest BCUT2D eigenvalue weighted by molar-refractivity contribution is -0.129. The second-order valence-electron chi connectivity index (χ2n) is 4.27. The monoisotopic (exact) mass is 249 g/mol. The van der Waals surface area contributed by atoms with Crippen molar-refractivity contribution in [1.82, 2.24) is 5.01 Å². The van der Waals surface area contributed by atoms with Crippen LogP contribution in [0, 0.1) is 5.92 Å². The van der Waals surface area contributed by atoms with Gasteiger partial charge in [-0.2, -0.15) is 5.10 Å². The van der Waals surface area contributed by atoms with E-state index in [0.29, 0.717) is 6.29 Å². The molecule has 5 nitrogen and oxygen atoms in total. The van der Waals surface area contributed by atoms with E-state index in [-0.39, 0.29) is 11.7 Å². The first-order valence-corrected chi connectivity index (χ1v) is 6.02. The van der Waals surface area contributed by atoms with Crippen molar-refractivity contribution in [2.45, 2.75) is 32.4 Å². The first-order chi connectivity index (χ1) is 8.61. The normalized spacial score (nSPS) is 19.2. The zero-order valence-corrected chi connectivity index (χ0v) is 10.7. The number of hydrogen-bond donors (Lipinski definition) is 1. The molecule has 3 atom stereocenters. The van der Waals surface area contributed by atoms with E-state index in [4.69, 9.17) is 5.73 Å². The standard InChI is InChI=1S/C13H19N3O2/c1-3-10(2)12(14)13(18)11(9-17)16-8-6-4-5-7-15-16/h4-12H,3,14H2,1-2H3/t10-,11?,12-/m0/s1. The van der Waals surface area contributed by atoms with Crippen molar-refractivity contribution < 1.29 is 9.59 Å². The Morgan fingerprint density at radius 3 is 2.78 bits per heavy atom. The molecule has 1 unspecified atom stereocenters. The van der Waals surface area contributed by atoms with Gasteiger partial charge in [0.25, 0.3) is 0 Å². The number of rotatable bonds is 6. The molecule has 5 heteroatoms. The Labute approximate surface area is 107 Å². The van der Waals surface area contributed by atoms with Crippen LogP contribution < -0.4 is 5.73 Å². The van der Waals surface area contributed by atoms with Crippen LogP contribution >= 0.6 is 0 Å². The molecule has 1 rings (SSSR count). The van der Waals surface area contributed by atoms with Gasteiger partial charge in [0.05, 0.1) is 6.04 Å². The fourth-order valence-corrected chi connectivity index (χ4v) is 1.56. The fraction of sp³-hybridized carbons (Fsp3) is 0.462. The molecule has 1 aliphatic rings. The molecule has 0 radical (unpaired) electrons. The van der Waals surface area contributed by atoms with Gasteiger partial charge in [-0.25, -0.2) is 0 Å². The van der Waals surface area contributed by atoms with Crippen LogP contribution in [0.25, 0.3) is 0 Å². The molecule has 0 saturated carbocycles. The zero-order valence-electron chi connectivity index (χ0n) is 10.7. The molecule has 0 bridgehead atoms. The molecule has 0 saturated heterocycles. The first kappa shape index (κ1) is 14.3. The Morgan fingerprint density at radius 1 is 1.44 bits per heavy atom. The lowest BCUT2D eigenvalue weighted by Gasteiger charge is -2.25. The van der Waals surface area contributed by atoms with Gasteiger partial charge in [0, 0.05) is 12.4 Å². The Balaban J connectivity index is 2.83. The predicted octanol–water partition coefficient (Wildman–Crippen LogP) is 0.868. The molecule has 0 fully saturated rings. The Hall–Kier alpha value is -1.75. The number of ketones is 1. The molecule has 1 aliphatic heterocycles. The van der Waals surface area contributed by atoms with E-state index in [9.17, 15) is 9.59 Å².